The van der Waals surface area contributed by atoms with Crippen molar-refractivity contribution in [2.75, 3.05) is 14.2 Å². The molecule has 0 spiro atoms. The van der Waals surface area contributed by atoms with Gasteiger partial charge in [-0.3, -0.25) is 0 Å². The lowest BCUT2D eigenvalue weighted by Crippen LogP contribution is -2.22. The zero-order valence-electron chi connectivity index (χ0n) is 7.49. The van der Waals surface area contributed by atoms with Crippen LogP contribution in [-0.2, 0) is 14.9 Å². The molecule has 2 nitrogen and oxygen atoms in total. The Hall–Kier alpha value is -0.426. The molecule has 0 N–H and O–H groups in total. The van der Waals surface area contributed by atoms with Crippen LogP contribution < -0.4 is 0 Å². The van der Waals surface area contributed by atoms with Crippen LogP contribution in [0.2, 0.25) is 0 Å². The molecule has 0 aliphatic heterocycles. The summed E-state index contributed by atoms with van der Waals surface area (Å²) in [6, 6.07) is 11.2. The fourth-order valence-corrected chi connectivity index (χ4v) is 2.25. The van der Waals surface area contributed by atoms with E-state index in [1.54, 1.807) is 14.2 Å². The second-order valence-electron chi connectivity index (χ2n) is 2.59. The monoisotopic (exact) mass is 214 g/mol. The van der Waals surface area contributed by atoms with Gasteiger partial charge in [0.05, 0.1) is 0 Å². The van der Waals surface area contributed by atoms with Gasteiger partial charge in [0.1, 0.15) is 0 Å². The van der Waals surface area contributed by atoms with Crippen molar-refractivity contribution < 1.29 is 8.85 Å². The highest BCUT2D eigenvalue weighted by molar-refractivity contribution is 6.43. The molecule has 0 bridgehead atoms. The molecular formula is C9H18O2Si2. The Bertz CT molecular complexity index is 212. The molecule has 0 aromatic heterocycles. The first-order valence-electron chi connectivity index (χ1n) is 3.96. The molecule has 0 amide bonds. The number of hydrogen-bond donors (Lipinski definition) is 0. The topological polar surface area (TPSA) is 18.5 Å². The second kappa shape index (κ2) is 7.02. The summed E-state index contributed by atoms with van der Waals surface area (Å²) in [6.45, 7) is 0. The van der Waals surface area contributed by atoms with Crippen molar-refractivity contribution in [2.24, 2.45) is 0 Å². The van der Waals surface area contributed by atoms with Crippen molar-refractivity contribution in [3.63, 3.8) is 0 Å². The molecular weight excluding hydrogens is 196 g/mol. The van der Waals surface area contributed by atoms with Crippen molar-refractivity contribution in [1.29, 1.82) is 0 Å². The van der Waals surface area contributed by atoms with Gasteiger partial charge >= 0.3 is 9.28 Å². The fraction of sp³-hybridized carbons (Fsp3) is 0.333. The highest BCUT2D eigenvalue weighted by Crippen LogP contribution is 2.02. The third-order valence-electron chi connectivity index (χ3n) is 1.77. The Morgan fingerprint density at radius 1 is 1.08 bits per heavy atom. The minimum atomic E-state index is -1.42. The Balaban J connectivity index is 0.00000144. The summed E-state index contributed by atoms with van der Waals surface area (Å²) in [7, 11) is 2.00. The van der Waals surface area contributed by atoms with Gasteiger partial charge in [-0.2, -0.15) is 0 Å². The first-order valence-corrected chi connectivity index (χ1v) is 5.72. The summed E-state index contributed by atoms with van der Waals surface area (Å²) in [4.78, 5) is 0. The largest absolute Gasteiger partial charge is 0.400 e. The van der Waals surface area contributed by atoms with E-state index in [9.17, 15) is 0 Å². The van der Waals surface area contributed by atoms with Crippen LogP contribution in [0, 0.1) is 0 Å². The van der Waals surface area contributed by atoms with E-state index in [0.717, 1.165) is 6.04 Å². The van der Waals surface area contributed by atoms with Gasteiger partial charge in [0.25, 0.3) is 0 Å². The molecule has 1 aromatic carbocycles. The van der Waals surface area contributed by atoms with E-state index in [1.807, 2.05) is 18.2 Å². The lowest BCUT2D eigenvalue weighted by molar-refractivity contribution is 0.277. The van der Waals surface area contributed by atoms with Gasteiger partial charge in [-0.15, -0.1) is 0 Å². The van der Waals surface area contributed by atoms with E-state index in [-0.39, 0.29) is 11.0 Å². The SMILES string of the molecule is CO[SiH](Cc1ccccc1)OC.[SiH4]. The molecule has 0 unspecified atom stereocenters. The van der Waals surface area contributed by atoms with Crippen LogP contribution in [0.4, 0.5) is 0 Å². The van der Waals surface area contributed by atoms with Crippen LogP contribution in [0.3, 0.4) is 0 Å². The molecule has 0 atom stereocenters. The lowest BCUT2D eigenvalue weighted by atomic mass is 10.2. The Kier molecular flexibility index (Phi) is 6.79. The highest BCUT2D eigenvalue weighted by atomic mass is 28.3. The molecule has 0 aliphatic carbocycles. The average Bonchev–Trinajstić information content (AvgIpc) is 2.16. The van der Waals surface area contributed by atoms with Crippen LogP contribution in [-0.4, -0.2) is 34.5 Å². The van der Waals surface area contributed by atoms with Crippen LogP contribution >= 0.6 is 0 Å². The molecule has 0 heterocycles. The summed E-state index contributed by atoms with van der Waals surface area (Å²) in [5.74, 6) is 0. The fourth-order valence-electron chi connectivity index (χ4n) is 1.07. The van der Waals surface area contributed by atoms with E-state index in [2.05, 4.69) is 12.1 Å². The number of benzene rings is 1. The molecule has 0 aliphatic rings. The summed E-state index contributed by atoms with van der Waals surface area (Å²) in [6.07, 6.45) is 0. The quantitative estimate of drug-likeness (QED) is 0.648. The third kappa shape index (κ3) is 4.37. The molecule has 0 fully saturated rings. The molecule has 13 heavy (non-hydrogen) atoms. The maximum atomic E-state index is 5.22. The van der Waals surface area contributed by atoms with Crippen LogP contribution in [0.15, 0.2) is 30.3 Å². The van der Waals surface area contributed by atoms with Gasteiger partial charge in [-0.05, 0) is 16.5 Å². The molecule has 0 saturated heterocycles. The summed E-state index contributed by atoms with van der Waals surface area (Å²) in [5.41, 5.74) is 1.29. The highest BCUT2D eigenvalue weighted by Gasteiger charge is 2.09. The molecule has 74 valence electrons. The summed E-state index contributed by atoms with van der Waals surface area (Å²) < 4.78 is 10.4. The lowest BCUT2D eigenvalue weighted by Gasteiger charge is -2.09. The zero-order valence-corrected chi connectivity index (χ0v) is 8.64. The van der Waals surface area contributed by atoms with Gasteiger partial charge in [-0.25, -0.2) is 0 Å². The molecule has 4 heteroatoms. The second-order valence-corrected chi connectivity index (χ2v) is 4.80. The van der Waals surface area contributed by atoms with Crippen molar-refractivity contribution in [2.45, 2.75) is 6.04 Å². The van der Waals surface area contributed by atoms with E-state index in [0.29, 0.717) is 0 Å². The molecule has 1 rings (SSSR count). The van der Waals surface area contributed by atoms with Gasteiger partial charge in [0.15, 0.2) is 0 Å². The minimum Gasteiger partial charge on any atom is -0.400 e. The van der Waals surface area contributed by atoms with Gasteiger partial charge < -0.3 is 8.85 Å². The van der Waals surface area contributed by atoms with Crippen molar-refractivity contribution in [3.8, 4) is 0 Å². The third-order valence-corrected chi connectivity index (χ3v) is 3.63. The normalized spacial score (nSPS) is 9.77. The zero-order chi connectivity index (χ0) is 8.81. The Labute approximate surface area is 85.8 Å². The Morgan fingerprint density at radius 2 is 1.62 bits per heavy atom. The van der Waals surface area contributed by atoms with Gasteiger partial charge in [-0.1, -0.05) is 30.3 Å². The van der Waals surface area contributed by atoms with Gasteiger partial charge in [0, 0.05) is 20.3 Å². The average molecular weight is 214 g/mol. The van der Waals surface area contributed by atoms with E-state index >= 15 is 0 Å². The van der Waals surface area contributed by atoms with E-state index in [1.165, 1.54) is 5.56 Å². The van der Waals surface area contributed by atoms with Crippen LogP contribution in [0.25, 0.3) is 0 Å². The predicted molar refractivity (Wildman–Crippen MR) is 62.6 cm³/mol. The smallest absolute Gasteiger partial charge is 0.325 e. The summed E-state index contributed by atoms with van der Waals surface area (Å²) >= 11 is 0. The first kappa shape index (κ1) is 12.6. The number of rotatable bonds is 4. The standard InChI is InChI=1S/C9H14O2Si.H4Si/c1-10-12(11-2)8-9-6-4-3-5-7-9;/h3-7,12H,8H2,1-2H3;1H4. The van der Waals surface area contributed by atoms with E-state index < -0.39 is 9.28 Å². The maximum Gasteiger partial charge on any atom is 0.325 e. The Morgan fingerprint density at radius 3 is 2.08 bits per heavy atom. The van der Waals surface area contributed by atoms with Gasteiger partial charge in [0.2, 0.25) is 0 Å². The molecule has 0 radical (unpaired) electrons. The van der Waals surface area contributed by atoms with Crippen LogP contribution in [0.5, 0.6) is 0 Å². The maximum absolute atomic E-state index is 5.22. The summed E-state index contributed by atoms with van der Waals surface area (Å²) in [5, 5.41) is 0. The van der Waals surface area contributed by atoms with Crippen LogP contribution in [0.1, 0.15) is 5.56 Å². The van der Waals surface area contributed by atoms with Crippen molar-refractivity contribution >= 4 is 20.2 Å². The van der Waals surface area contributed by atoms with E-state index in [4.69, 9.17) is 8.85 Å². The predicted octanol–water partition coefficient (Wildman–Crippen LogP) is -0.170. The number of hydrogen-bond acceptors (Lipinski definition) is 2. The van der Waals surface area contributed by atoms with Crippen molar-refractivity contribution in [3.05, 3.63) is 35.9 Å². The molecule has 1 aromatic rings. The minimum absolute atomic E-state index is 0. The first-order chi connectivity index (χ1) is 5.86. The molecule has 0 saturated carbocycles. The van der Waals surface area contributed by atoms with Crippen molar-refractivity contribution in [1.82, 2.24) is 0 Å².